The van der Waals surface area contributed by atoms with Crippen molar-refractivity contribution in [3.63, 3.8) is 0 Å². The molecule has 0 aliphatic heterocycles. The van der Waals surface area contributed by atoms with Gasteiger partial charge in [0, 0.05) is 0 Å². The van der Waals surface area contributed by atoms with Crippen molar-refractivity contribution in [1.82, 2.24) is 0 Å². The number of hydrogen-bond donors (Lipinski definition) is 0. The molecule has 0 saturated carbocycles. The van der Waals surface area contributed by atoms with E-state index in [1.54, 1.807) is 0 Å². The van der Waals surface area contributed by atoms with Crippen molar-refractivity contribution < 1.29 is 15.1 Å². The van der Waals surface area contributed by atoms with Crippen LogP contribution >= 0.6 is 19.4 Å². The van der Waals surface area contributed by atoms with Gasteiger partial charge < -0.3 is 0 Å². The van der Waals surface area contributed by atoms with Crippen molar-refractivity contribution in [2.45, 2.75) is 25.7 Å². The Morgan fingerprint density at radius 2 is 1.00 bits per heavy atom. The molecule has 15 heavy (non-hydrogen) atoms. The second-order valence-electron chi connectivity index (χ2n) is 2.62. The average molecular weight is 334 g/mol. The van der Waals surface area contributed by atoms with Crippen molar-refractivity contribution in [3.8, 4) is 0 Å². The fourth-order valence-electron chi connectivity index (χ4n) is 0.856. The molecule has 0 radical (unpaired) electrons. The van der Waals surface area contributed by atoms with Gasteiger partial charge in [0.2, 0.25) is 0 Å². The Bertz CT molecular complexity index is 156. The van der Waals surface area contributed by atoms with Gasteiger partial charge in [-0.2, -0.15) is 0 Å². The zero-order chi connectivity index (χ0) is 11.8. The number of unbranched alkanes of at least 4 members (excludes halogenated alkanes) is 2. The molecule has 0 fully saturated rings. The molecular weight excluding hydrogens is 316 g/mol. The second kappa shape index (κ2) is 19.7. The van der Waals surface area contributed by atoms with E-state index in [9.17, 15) is 0 Å². The molecule has 0 aliphatic rings. The quantitative estimate of drug-likeness (QED) is 0.269. The summed E-state index contributed by atoms with van der Waals surface area (Å²) < 4.78 is 0. The van der Waals surface area contributed by atoms with Crippen molar-refractivity contribution >= 4 is 19.4 Å². The van der Waals surface area contributed by atoms with Gasteiger partial charge in [0.15, 0.2) is 0 Å². The van der Waals surface area contributed by atoms with Gasteiger partial charge in [-0.05, 0) is 12.8 Å². The van der Waals surface area contributed by atoms with Crippen LogP contribution in [0.2, 0.25) is 0 Å². The van der Waals surface area contributed by atoms with Crippen LogP contribution in [0.25, 0.3) is 0 Å². The summed E-state index contributed by atoms with van der Waals surface area (Å²) in [6, 6.07) is 0. The molecule has 0 atom stereocenters. The Kier molecular flexibility index (Phi) is 23.0. The first-order valence-electron chi connectivity index (χ1n) is 4.72. The minimum absolute atomic E-state index is 0.346. The van der Waals surface area contributed by atoms with E-state index in [4.69, 9.17) is 19.4 Å². The van der Waals surface area contributed by atoms with Crippen LogP contribution in [0.4, 0.5) is 0 Å². The molecule has 0 aromatic heterocycles. The number of halogens is 2. The average Bonchev–Trinajstić information content (AvgIpc) is 2.23. The Morgan fingerprint density at radius 1 is 0.733 bits per heavy atom. The van der Waals surface area contributed by atoms with Crippen LogP contribution in [-0.4, -0.2) is 0 Å². The molecule has 0 amide bonds. The van der Waals surface area contributed by atoms with Gasteiger partial charge in [0.05, 0.1) is 0 Å². The molecule has 88 valence electrons. The van der Waals surface area contributed by atoms with Crippen molar-refractivity contribution in [1.29, 1.82) is 0 Å². The minimum atomic E-state index is -0.346. The Hall–Kier alpha value is 0.163. The molecule has 0 aromatic rings. The molecule has 0 aromatic carbocycles. The monoisotopic (exact) mass is 334 g/mol. The molecule has 0 bridgehead atoms. The Labute approximate surface area is 110 Å². The summed E-state index contributed by atoms with van der Waals surface area (Å²) in [5.74, 6) is 0. The van der Waals surface area contributed by atoms with E-state index < -0.39 is 0 Å². The first kappa shape index (κ1) is 17.6. The third-order valence-corrected chi connectivity index (χ3v) is 1.50. The second-order valence-corrected chi connectivity index (χ2v) is 5.26. The molecule has 0 nitrogen and oxygen atoms in total. The third kappa shape index (κ3) is 25.0. The molecule has 0 unspecified atom stereocenters. The third-order valence-electron chi connectivity index (χ3n) is 1.50. The Morgan fingerprint density at radius 3 is 1.27 bits per heavy atom. The summed E-state index contributed by atoms with van der Waals surface area (Å²) in [4.78, 5) is 0. The molecule has 0 N–H and O–H groups in total. The van der Waals surface area contributed by atoms with E-state index in [2.05, 4.69) is 38.2 Å². The number of allylic oxidation sites excluding steroid dienone is 6. The van der Waals surface area contributed by atoms with Gasteiger partial charge in [-0.1, -0.05) is 25.0 Å². The van der Waals surface area contributed by atoms with E-state index in [1.807, 2.05) is 12.2 Å². The van der Waals surface area contributed by atoms with Crippen molar-refractivity contribution in [2.75, 3.05) is 0 Å². The summed E-state index contributed by atoms with van der Waals surface area (Å²) in [7, 11) is 9.71. The van der Waals surface area contributed by atoms with Crippen LogP contribution < -0.4 is 0 Å². The van der Waals surface area contributed by atoms with Crippen LogP contribution in [0, 0.1) is 13.8 Å². The summed E-state index contributed by atoms with van der Waals surface area (Å²) in [6.07, 6.45) is 16.8. The molecule has 0 heterocycles. The molecular formula is C12H18Cl2Ru. The predicted molar refractivity (Wildman–Crippen MR) is 68.3 cm³/mol. The fourth-order valence-corrected chi connectivity index (χ4v) is 0.856. The first-order chi connectivity index (χ1) is 7.33. The van der Waals surface area contributed by atoms with Crippen LogP contribution in [0.5, 0.6) is 0 Å². The summed E-state index contributed by atoms with van der Waals surface area (Å²) in [5.41, 5.74) is 0. The van der Waals surface area contributed by atoms with Crippen LogP contribution in [0.1, 0.15) is 25.7 Å². The standard InChI is InChI=1S/C12H18.2ClH.Ru/c1-3-5-7-9-11-12-10-8-6-4-2;;;/h3-6,11-12H,1-2,7-10H2;2*1H;/q-2;;;+4/p-2/b5-3+,6-4+,12-11+;;;. The van der Waals surface area contributed by atoms with E-state index in [0.29, 0.717) is 0 Å². The summed E-state index contributed by atoms with van der Waals surface area (Å²) in [6.45, 7) is 7.25. The van der Waals surface area contributed by atoms with E-state index >= 15 is 0 Å². The van der Waals surface area contributed by atoms with Gasteiger partial charge >= 0.3 is 34.5 Å². The maximum atomic E-state index is 4.85. The number of hydrogen-bond acceptors (Lipinski definition) is 0. The van der Waals surface area contributed by atoms with Gasteiger partial charge in [0.25, 0.3) is 0 Å². The molecule has 3 heteroatoms. The molecule has 0 rings (SSSR count). The predicted octanol–water partition coefficient (Wildman–Crippen LogP) is 5.26. The Balaban J connectivity index is 0. The van der Waals surface area contributed by atoms with E-state index in [0.717, 1.165) is 25.7 Å². The fraction of sp³-hybridized carbons (Fsp3) is 0.333. The van der Waals surface area contributed by atoms with Gasteiger partial charge in [-0.15, -0.1) is 0 Å². The summed E-state index contributed by atoms with van der Waals surface area (Å²) >= 11 is -0.346. The topological polar surface area (TPSA) is 0 Å². The maximum absolute atomic E-state index is 4.85. The van der Waals surface area contributed by atoms with Crippen molar-refractivity contribution in [3.05, 3.63) is 50.3 Å². The van der Waals surface area contributed by atoms with Gasteiger partial charge in [0.1, 0.15) is 0 Å². The molecule has 0 aliphatic carbocycles. The van der Waals surface area contributed by atoms with E-state index in [1.165, 1.54) is 0 Å². The van der Waals surface area contributed by atoms with Crippen molar-refractivity contribution in [2.24, 2.45) is 0 Å². The molecule has 0 saturated heterocycles. The van der Waals surface area contributed by atoms with Gasteiger partial charge in [-0.3, -0.25) is 0 Å². The normalized spacial score (nSPS) is 11.1. The first-order valence-corrected chi connectivity index (χ1v) is 9.19. The van der Waals surface area contributed by atoms with E-state index in [-0.39, 0.29) is 15.1 Å². The van der Waals surface area contributed by atoms with Gasteiger partial charge in [-0.25, -0.2) is 38.2 Å². The molecule has 0 spiro atoms. The van der Waals surface area contributed by atoms with Crippen LogP contribution in [0.3, 0.4) is 0 Å². The number of rotatable bonds is 6. The SMILES string of the molecule is [CH2-]/C=C/CC/C=C/CC/C=C/[CH2-].[Cl][Ru+2][Cl]. The van der Waals surface area contributed by atoms with Crippen LogP contribution in [-0.2, 0) is 15.1 Å². The summed E-state index contributed by atoms with van der Waals surface area (Å²) in [5, 5.41) is 0. The zero-order valence-corrected chi connectivity index (χ0v) is 12.1. The zero-order valence-electron chi connectivity index (χ0n) is 8.82. The van der Waals surface area contributed by atoms with Crippen LogP contribution in [0.15, 0.2) is 36.5 Å².